The van der Waals surface area contributed by atoms with Gasteiger partial charge in [0.15, 0.2) is 0 Å². The zero-order chi connectivity index (χ0) is 10.2. The molecule has 0 heterocycles. The summed E-state index contributed by atoms with van der Waals surface area (Å²) >= 11 is 0. The molecular formula is C13H14O. The normalized spacial score (nSPS) is 8.43. The second-order valence-corrected chi connectivity index (χ2v) is 3.17. The van der Waals surface area contributed by atoms with Gasteiger partial charge >= 0.3 is 0 Å². The van der Waals surface area contributed by atoms with Gasteiger partial charge < -0.3 is 4.74 Å². The monoisotopic (exact) mass is 186 g/mol. The van der Waals surface area contributed by atoms with Crippen molar-refractivity contribution >= 4 is 0 Å². The van der Waals surface area contributed by atoms with Crippen molar-refractivity contribution in [2.24, 2.45) is 0 Å². The lowest BCUT2D eigenvalue weighted by Gasteiger charge is -1.93. The molecule has 0 unspecified atom stereocenters. The van der Waals surface area contributed by atoms with E-state index in [-0.39, 0.29) is 0 Å². The molecule has 0 aromatic heterocycles. The first kappa shape index (κ1) is 10.4. The standard InChI is InChI=1S/C13H14O/c1-12(2)11-14-10-6-9-13-7-4-3-5-8-13/h3-5,7-8,11H,10H2,1-2H3. The highest BCUT2D eigenvalue weighted by Crippen LogP contribution is 1.94. The Morgan fingerprint density at radius 1 is 1.29 bits per heavy atom. The Morgan fingerprint density at radius 3 is 2.64 bits per heavy atom. The third-order valence-electron chi connectivity index (χ3n) is 1.48. The molecular weight excluding hydrogens is 172 g/mol. The molecule has 0 aliphatic carbocycles. The molecule has 1 nitrogen and oxygen atoms in total. The van der Waals surface area contributed by atoms with Crippen LogP contribution in [0.25, 0.3) is 0 Å². The van der Waals surface area contributed by atoms with Gasteiger partial charge in [0.05, 0.1) is 6.26 Å². The number of hydrogen-bond donors (Lipinski definition) is 0. The number of rotatable bonds is 2. The Morgan fingerprint density at radius 2 is 2.00 bits per heavy atom. The summed E-state index contributed by atoms with van der Waals surface area (Å²) in [4.78, 5) is 0. The molecule has 1 rings (SSSR count). The first-order valence-corrected chi connectivity index (χ1v) is 4.58. The van der Waals surface area contributed by atoms with Gasteiger partial charge in [-0.25, -0.2) is 0 Å². The van der Waals surface area contributed by atoms with Crippen LogP contribution in [0.3, 0.4) is 0 Å². The molecule has 0 fully saturated rings. The summed E-state index contributed by atoms with van der Waals surface area (Å²) in [6, 6.07) is 9.88. The van der Waals surface area contributed by atoms with Gasteiger partial charge in [0.2, 0.25) is 0 Å². The Hall–Kier alpha value is -1.68. The Labute approximate surface area is 85.4 Å². The first-order chi connectivity index (χ1) is 6.79. The van der Waals surface area contributed by atoms with Crippen molar-refractivity contribution in [2.45, 2.75) is 13.8 Å². The summed E-state index contributed by atoms with van der Waals surface area (Å²) < 4.78 is 5.18. The van der Waals surface area contributed by atoms with Crippen LogP contribution < -0.4 is 0 Å². The van der Waals surface area contributed by atoms with Crippen LogP contribution in [-0.2, 0) is 4.74 Å². The third-order valence-corrected chi connectivity index (χ3v) is 1.48. The molecule has 1 aromatic carbocycles. The van der Waals surface area contributed by atoms with Crippen LogP contribution in [0, 0.1) is 11.8 Å². The van der Waals surface area contributed by atoms with Crippen LogP contribution in [0.2, 0.25) is 0 Å². The van der Waals surface area contributed by atoms with Crippen molar-refractivity contribution in [3.8, 4) is 11.8 Å². The van der Waals surface area contributed by atoms with Crippen molar-refractivity contribution in [3.05, 3.63) is 47.7 Å². The molecule has 0 bridgehead atoms. The summed E-state index contributed by atoms with van der Waals surface area (Å²) in [6.45, 7) is 4.43. The van der Waals surface area contributed by atoms with E-state index in [9.17, 15) is 0 Å². The van der Waals surface area contributed by atoms with Crippen LogP contribution in [0.5, 0.6) is 0 Å². The molecule has 0 aliphatic rings. The lowest BCUT2D eigenvalue weighted by Crippen LogP contribution is -1.82. The van der Waals surface area contributed by atoms with E-state index in [0.717, 1.165) is 11.1 Å². The molecule has 0 amide bonds. The maximum Gasteiger partial charge on any atom is 0.148 e. The predicted octanol–water partition coefficient (Wildman–Crippen LogP) is 2.98. The molecule has 0 spiro atoms. The lowest BCUT2D eigenvalue weighted by molar-refractivity contribution is 0.293. The smallest absolute Gasteiger partial charge is 0.148 e. The second-order valence-electron chi connectivity index (χ2n) is 3.17. The lowest BCUT2D eigenvalue weighted by atomic mass is 10.2. The van der Waals surface area contributed by atoms with Gasteiger partial charge in [-0.3, -0.25) is 0 Å². The molecule has 1 aromatic rings. The molecule has 0 saturated carbocycles. The number of allylic oxidation sites excluding steroid dienone is 1. The number of hydrogen-bond acceptors (Lipinski definition) is 1. The second kappa shape index (κ2) is 5.88. The van der Waals surface area contributed by atoms with Crippen LogP contribution in [0.4, 0.5) is 0 Å². The van der Waals surface area contributed by atoms with Gasteiger partial charge in [-0.1, -0.05) is 30.0 Å². The number of ether oxygens (including phenoxy) is 1. The molecule has 72 valence electrons. The maximum atomic E-state index is 5.18. The van der Waals surface area contributed by atoms with Gasteiger partial charge in [0.1, 0.15) is 6.61 Å². The SMILES string of the molecule is CC(C)=COCC#Cc1ccccc1. The average Bonchev–Trinajstić information content (AvgIpc) is 2.18. The highest BCUT2D eigenvalue weighted by Gasteiger charge is 1.81. The fourth-order valence-corrected chi connectivity index (χ4v) is 0.910. The molecule has 0 N–H and O–H groups in total. The van der Waals surface area contributed by atoms with Crippen molar-refractivity contribution in [1.29, 1.82) is 0 Å². The topological polar surface area (TPSA) is 9.23 Å². The summed E-state index contributed by atoms with van der Waals surface area (Å²) in [5, 5.41) is 0. The Kier molecular flexibility index (Phi) is 4.37. The van der Waals surface area contributed by atoms with Crippen molar-refractivity contribution in [3.63, 3.8) is 0 Å². The minimum atomic E-state index is 0.445. The Bertz CT molecular complexity index is 348. The highest BCUT2D eigenvalue weighted by molar-refractivity contribution is 5.33. The van der Waals surface area contributed by atoms with E-state index in [1.54, 1.807) is 6.26 Å². The average molecular weight is 186 g/mol. The predicted molar refractivity (Wildman–Crippen MR) is 58.7 cm³/mol. The largest absolute Gasteiger partial charge is 0.489 e. The zero-order valence-corrected chi connectivity index (χ0v) is 8.58. The minimum Gasteiger partial charge on any atom is -0.489 e. The van der Waals surface area contributed by atoms with Gasteiger partial charge in [0, 0.05) is 5.56 Å². The van der Waals surface area contributed by atoms with Crippen LogP contribution in [0.15, 0.2) is 42.2 Å². The van der Waals surface area contributed by atoms with E-state index >= 15 is 0 Å². The highest BCUT2D eigenvalue weighted by atomic mass is 16.5. The van der Waals surface area contributed by atoms with E-state index in [2.05, 4.69) is 11.8 Å². The van der Waals surface area contributed by atoms with E-state index in [1.807, 2.05) is 44.2 Å². The molecule has 0 radical (unpaired) electrons. The molecule has 14 heavy (non-hydrogen) atoms. The fourth-order valence-electron chi connectivity index (χ4n) is 0.910. The fraction of sp³-hybridized carbons (Fsp3) is 0.231. The Balaban J connectivity index is 2.38. The van der Waals surface area contributed by atoms with E-state index < -0.39 is 0 Å². The van der Waals surface area contributed by atoms with Gasteiger partial charge in [-0.05, 0) is 31.6 Å². The van der Waals surface area contributed by atoms with Gasteiger partial charge in [-0.15, -0.1) is 0 Å². The van der Waals surface area contributed by atoms with E-state index in [4.69, 9.17) is 4.74 Å². The third kappa shape index (κ3) is 4.37. The summed E-state index contributed by atoms with van der Waals surface area (Å²) in [6.07, 6.45) is 1.72. The summed E-state index contributed by atoms with van der Waals surface area (Å²) in [7, 11) is 0. The van der Waals surface area contributed by atoms with Crippen LogP contribution >= 0.6 is 0 Å². The molecule has 0 atom stereocenters. The van der Waals surface area contributed by atoms with Crippen molar-refractivity contribution in [1.82, 2.24) is 0 Å². The number of benzene rings is 1. The van der Waals surface area contributed by atoms with E-state index in [0.29, 0.717) is 6.61 Å². The minimum absolute atomic E-state index is 0.445. The zero-order valence-electron chi connectivity index (χ0n) is 8.58. The van der Waals surface area contributed by atoms with Crippen LogP contribution in [0.1, 0.15) is 19.4 Å². The van der Waals surface area contributed by atoms with Gasteiger partial charge in [-0.2, -0.15) is 0 Å². The van der Waals surface area contributed by atoms with Crippen LogP contribution in [-0.4, -0.2) is 6.61 Å². The first-order valence-electron chi connectivity index (χ1n) is 4.58. The van der Waals surface area contributed by atoms with Crippen molar-refractivity contribution in [2.75, 3.05) is 6.61 Å². The summed E-state index contributed by atoms with van der Waals surface area (Å²) in [5.41, 5.74) is 2.17. The quantitative estimate of drug-likeness (QED) is 0.392. The maximum absolute atomic E-state index is 5.18. The molecule has 1 heteroatoms. The molecule has 0 aliphatic heterocycles. The van der Waals surface area contributed by atoms with Gasteiger partial charge in [0.25, 0.3) is 0 Å². The van der Waals surface area contributed by atoms with Crippen molar-refractivity contribution < 1.29 is 4.74 Å². The van der Waals surface area contributed by atoms with E-state index in [1.165, 1.54) is 0 Å². The molecule has 0 saturated heterocycles. The summed E-state index contributed by atoms with van der Waals surface area (Å²) in [5.74, 6) is 5.95.